The Morgan fingerprint density at radius 2 is 1.89 bits per heavy atom. The molecule has 0 atom stereocenters. The first-order chi connectivity index (χ1) is 8.72. The van der Waals surface area contributed by atoms with E-state index in [-0.39, 0.29) is 5.91 Å². The van der Waals surface area contributed by atoms with Crippen LogP contribution in [0.4, 0.5) is 0 Å². The van der Waals surface area contributed by atoms with Crippen LogP contribution in [0.3, 0.4) is 0 Å². The van der Waals surface area contributed by atoms with Gasteiger partial charge in [0.1, 0.15) is 0 Å². The molecule has 1 aliphatic heterocycles. The van der Waals surface area contributed by atoms with Gasteiger partial charge < -0.3 is 4.90 Å². The number of amides is 1. The lowest BCUT2D eigenvalue weighted by atomic mass is 10.2. The first-order valence-electron chi connectivity index (χ1n) is 6.04. The van der Waals surface area contributed by atoms with Crippen molar-refractivity contribution in [3.63, 3.8) is 0 Å². The van der Waals surface area contributed by atoms with Crippen LogP contribution < -0.4 is 0 Å². The molecule has 0 unspecified atom stereocenters. The van der Waals surface area contributed by atoms with Crippen molar-refractivity contribution in [2.24, 2.45) is 0 Å². The van der Waals surface area contributed by atoms with Crippen molar-refractivity contribution >= 4 is 33.4 Å². The SMILES string of the molecule is O=C(c1ccccc1Br)N1CCN(CCCl)CC1. The zero-order valence-electron chi connectivity index (χ0n) is 10.1. The molecule has 0 aromatic heterocycles. The van der Waals surface area contributed by atoms with Gasteiger partial charge in [0.25, 0.3) is 5.91 Å². The highest BCUT2D eigenvalue weighted by Gasteiger charge is 2.22. The second kappa shape index (κ2) is 6.55. The molecule has 0 spiro atoms. The van der Waals surface area contributed by atoms with Crippen molar-refractivity contribution in [1.82, 2.24) is 9.80 Å². The zero-order valence-corrected chi connectivity index (χ0v) is 12.5. The van der Waals surface area contributed by atoms with E-state index >= 15 is 0 Å². The number of carbonyl (C=O) groups is 1. The van der Waals surface area contributed by atoms with Crippen LogP contribution in [0.5, 0.6) is 0 Å². The molecule has 1 fully saturated rings. The molecule has 3 nitrogen and oxygen atoms in total. The summed E-state index contributed by atoms with van der Waals surface area (Å²) in [5.41, 5.74) is 0.739. The number of hydrogen-bond donors (Lipinski definition) is 0. The van der Waals surface area contributed by atoms with Gasteiger partial charge in [0, 0.05) is 43.1 Å². The van der Waals surface area contributed by atoms with E-state index in [9.17, 15) is 4.79 Å². The van der Waals surface area contributed by atoms with Gasteiger partial charge in [0.15, 0.2) is 0 Å². The number of alkyl halides is 1. The minimum atomic E-state index is 0.105. The van der Waals surface area contributed by atoms with Crippen molar-refractivity contribution in [2.45, 2.75) is 0 Å². The highest BCUT2D eigenvalue weighted by Crippen LogP contribution is 2.18. The molecule has 1 aromatic rings. The Labute approximate surface area is 121 Å². The molecule has 0 radical (unpaired) electrons. The number of rotatable bonds is 3. The molecular weight excluding hydrogens is 316 g/mol. The van der Waals surface area contributed by atoms with E-state index < -0.39 is 0 Å². The zero-order chi connectivity index (χ0) is 13.0. The predicted octanol–water partition coefficient (Wildman–Crippen LogP) is 2.45. The standard InChI is InChI=1S/C13H16BrClN2O/c14-12-4-2-1-3-11(12)13(18)17-9-7-16(6-5-15)8-10-17/h1-4H,5-10H2. The van der Waals surface area contributed by atoms with E-state index in [0.29, 0.717) is 5.88 Å². The van der Waals surface area contributed by atoms with E-state index in [2.05, 4.69) is 20.8 Å². The fourth-order valence-corrected chi connectivity index (χ4v) is 2.79. The number of halogens is 2. The van der Waals surface area contributed by atoms with Crippen molar-refractivity contribution in [3.8, 4) is 0 Å². The van der Waals surface area contributed by atoms with Crippen LogP contribution in [-0.4, -0.2) is 54.3 Å². The lowest BCUT2D eigenvalue weighted by Crippen LogP contribution is -2.49. The maximum atomic E-state index is 12.3. The second-order valence-electron chi connectivity index (χ2n) is 4.30. The highest BCUT2D eigenvalue weighted by molar-refractivity contribution is 9.10. The summed E-state index contributed by atoms with van der Waals surface area (Å²) in [5, 5.41) is 0. The highest BCUT2D eigenvalue weighted by atomic mass is 79.9. The van der Waals surface area contributed by atoms with Gasteiger partial charge >= 0.3 is 0 Å². The molecule has 98 valence electrons. The lowest BCUT2D eigenvalue weighted by Gasteiger charge is -2.34. The third-order valence-corrected chi connectivity index (χ3v) is 4.03. The number of piperazine rings is 1. The largest absolute Gasteiger partial charge is 0.336 e. The molecule has 0 bridgehead atoms. The summed E-state index contributed by atoms with van der Waals surface area (Å²) >= 11 is 9.15. The third kappa shape index (κ3) is 3.25. The molecule has 2 rings (SSSR count). The summed E-state index contributed by atoms with van der Waals surface area (Å²) < 4.78 is 0.859. The fraction of sp³-hybridized carbons (Fsp3) is 0.462. The molecule has 18 heavy (non-hydrogen) atoms. The Morgan fingerprint density at radius 1 is 1.22 bits per heavy atom. The molecule has 1 saturated heterocycles. The summed E-state index contributed by atoms with van der Waals surface area (Å²) in [4.78, 5) is 16.5. The number of nitrogens with zero attached hydrogens (tertiary/aromatic N) is 2. The Morgan fingerprint density at radius 3 is 2.50 bits per heavy atom. The Kier molecular flexibility index (Phi) is 5.03. The molecule has 1 aromatic carbocycles. The summed E-state index contributed by atoms with van der Waals surface area (Å²) in [6, 6.07) is 7.57. The number of benzene rings is 1. The minimum Gasteiger partial charge on any atom is -0.336 e. The quantitative estimate of drug-likeness (QED) is 0.794. The average molecular weight is 332 g/mol. The molecule has 0 N–H and O–H groups in total. The molecule has 0 aliphatic carbocycles. The Hall–Kier alpha value is -0.580. The van der Waals surface area contributed by atoms with Crippen molar-refractivity contribution in [2.75, 3.05) is 38.6 Å². The maximum absolute atomic E-state index is 12.3. The summed E-state index contributed by atoms with van der Waals surface area (Å²) in [5.74, 6) is 0.756. The van der Waals surface area contributed by atoms with Crippen LogP contribution in [0.2, 0.25) is 0 Å². The summed E-state index contributed by atoms with van der Waals surface area (Å²) in [6.45, 7) is 4.26. The van der Waals surface area contributed by atoms with Gasteiger partial charge in [0.05, 0.1) is 5.56 Å². The Bertz CT molecular complexity index is 419. The molecule has 0 saturated carbocycles. The normalized spacial score (nSPS) is 16.9. The van der Waals surface area contributed by atoms with Gasteiger partial charge in [-0.1, -0.05) is 12.1 Å². The third-order valence-electron chi connectivity index (χ3n) is 3.16. The van der Waals surface area contributed by atoms with E-state index in [1.54, 1.807) is 0 Å². The summed E-state index contributed by atoms with van der Waals surface area (Å²) in [6.07, 6.45) is 0. The number of hydrogen-bond acceptors (Lipinski definition) is 2. The molecular formula is C13H16BrClN2O. The van der Waals surface area contributed by atoms with Gasteiger partial charge in [0.2, 0.25) is 0 Å². The van der Waals surface area contributed by atoms with E-state index in [1.165, 1.54) is 0 Å². The van der Waals surface area contributed by atoms with Gasteiger partial charge in [-0.05, 0) is 28.1 Å². The van der Waals surface area contributed by atoms with Crippen molar-refractivity contribution < 1.29 is 4.79 Å². The van der Waals surface area contributed by atoms with Gasteiger partial charge in [-0.25, -0.2) is 0 Å². The monoisotopic (exact) mass is 330 g/mol. The van der Waals surface area contributed by atoms with Crippen LogP contribution >= 0.6 is 27.5 Å². The second-order valence-corrected chi connectivity index (χ2v) is 5.53. The molecule has 5 heteroatoms. The van der Waals surface area contributed by atoms with Gasteiger partial charge in [-0.3, -0.25) is 9.69 Å². The van der Waals surface area contributed by atoms with Gasteiger partial charge in [-0.2, -0.15) is 0 Å². The lowest BCUT2D eigenvalue weighted by molar-refractivity contribution is 0.0643. The molecule has 1 heterocycles. The smallest absolute Gasteiger partial charge is 0.255 e. The fourth-order valence-electron chi connectivity index (χ4n) is 2.10. The molecule has 1 aliphatic rings. The summed E-state index contributed by atoms with van der Waals surface area (Å²) in [7, 11) is 0. The van der Waals surface area contributed by atoms with E-state index in [4.69, 9.17) is 11.6 Å². The van der Waals surface area contributed by atoms with Gasteiger partial charge in [-0.15, -0.1) is 11.6 Å². The van der Waals surface area contributed by atoms with Crippen LogP contribution in [0.15, 0.2) is 28.7 Å². The van der Waals surface area contributed by atoms with Crippen LogP contribution in [0.25, 0.3) is 0 Å². The first-order valence-corrected chi connectivity index (χ1v) is 7.37. The van der Waals surface area contributed by atoms with Crippen LogP contribution in [0.1, 0.15) is 10.4 Å². The van der Waals surface area contributed by atoms with Crippen molar-refractivity contribution in [3.05, 3.63) is 34.3 Å². The molecule has 1 amide bonds. The Balaban J connectivity index is 1.98. The number of carbonyl (C=O) groups excluding carboxylic acids is 1. The van der Waals surface area contributed by atoms with Crippen LogP contribution in [-0.2, 0) is 0 Å². The maximum Gasteiger partial charge on any atom is 0.255 e. The average Bonchev–Trinajstić information content (AvgIpc) is 2.40. The topological polar surface area (TPSA) is 23.6 Å². The van der Waals surface area contributed by atoms with E-state index in [1.807, 2.05) is 29.2 Å². The predicted molar refractivity (Wildman–Crippen MR) is 77.2 cm³/mol. The van der Waals surface area contributed by atoms with Crippen molar-refractivity contribution in [1.29, 1.82) is 0 Å². The van der Waals surface area contributed by atoms with Crippen LogP contribution in [0, 0.1) is 0 Å². The minimum absolute atomic E-state index is 0.105. The van der Waals surface area contributed by atoms with E-state index in [0.717, 1.165) is 42.8 Å². The first kappa shape index (κ1) is 13.8.